The normalized spacial score (nSPS) is 16.1. The van der Waals surface area contributed by atoms with Crippen molar-refractivity contribution >= 4 is 34.6 Å². The van der Waals surface area contributed by atoms with Gasteiger partial charge in [-0.3, -0.25) is 4.90 Å². The van der Waals surface area contributed by atoms with Gasteiger partial charge in [-0.25, -0.2) is 4.39 Å². The lowest BCUT2D eigenvalue weighted by Gasteiger charge is -2.37. The molecule has 0 amide bonds. The van der Waals surface area contributed by atoms with E-state index in [2.05, 4.69) is 10.2 Å². The second-order valence-electron chi connectivity index (χ2n) is 4.72. The number of hydrogen-bond donors (Lipinski definition) is 1. The average Bonchev–Trinajstić information content (AvgIpc) is 2.97. The van der Waals surface area contributed by atoms with E-state index in [4.69, 9.17) is 28.2 Å². The van der Waals surface area contributed by atoms with Crippen molar-refractivity contribution in [1.82, 2.24) is 10.2 Å². The topological polar surface area (TPSA) is 31.6 Å². The van der Waals surface area contributed by atoms with Gasteiger partial charge in [-0.2, -0.15) is 0 Å². The van der Waals surface area contributed by atoms with E-state index in [1.807, 2.05) is 17.0 Å². The average molecular weight is 326 g/mol. The highest BCUT2D eigenvalue weighted by Gasteiger charge is 2.23. The van der Waals surface area contributed by atoms with Crippen LogP contribution in [0.3, 0.4) is 0 Å². The summed E-state index contributed by atoms with van der Waals surface area (Å²) in [5.74, 6) is 0.436. The number of hydrogen-bond acceptors (Lipinski definition) is 3. The molecular formula is C14H13ClFN3OS. The molecule has 7 heteroatoms. The van der Waals surface area contributed by atoms with Crippen LogP contribution in [0, 0.1) is 5.82 Å². The fourth-order valence-corrected chi connectivity index (χ4v) is 2.57. The Balaban J connectivity index is 1.76. The van der Waals surface area contributed by atoms with E-state index in [1.165, 1.54) is 6.07 Å². The molecule has 1 saturated heterocycles. The third-order valence-corrected chi connectivity index (χ3v) is 3.87. The lowest BCUT2D eigenvalue weighted by molar-refractivity contribution is 0.232. The first kappa shape index (κ1) is 14.3. The predicted molar refractivity (Wildman–Crippen MR) is 83.6 cm³/mol. The Bertz CT molecular complexity index is 650. The first-order chi connectivity index (χ1) is 10.1. The first-order valence-corrected chi connectivity index (χ1v) is 7.17. The molecular weight excluding hydrogens is 313 g/mol. The van der Waals surface area contributed by atoms with E-state index in [0.29, 0.717) is 25.0 Å². The molecule has 1 fully saturated rings. The van der Waals surface area contributed by atoms with Gasteiger partial charge < -0.3 is 14.6 Å². The van der Waals surface area contributed by atoms with E-state index >= 15 is 0 Å². The third kappa shape index (κ3) is 3.18. The standard InChI is InChI=1S/C14H13ClFN3OS/c15-12-6-10(3-4-13(12)16)19-9-18(8-17-14(19)21)7-11-2-1-5-20-11/h1-6H,7-9H2,(H,17,21). The summed E-state index contributed by atoms with van der Waals surface area (Å²) < 4.78 is 18.6. The minimum Gasteiger partial charge on any atom is -0.468 e. The summed E-state index contributed by atoms with van der Waals surface area (Å²) in [6.07, 6.45) is 1.65. The minimum atomic E-state index is -0.441. The quantitative estimate of drug-likeness (QED) is 0.876. The maximum Gasteiger partial charge on any atom is 0.175 e. The molecule has 3 rings (SSSR count). The zero-order valence-corrected chi connectivity index (χ0v) is 12.6. The van der Waals surface area contributed by atoms with E-state index in [1.54, 1.807) is 18.4 Å². The van der Waals surface area contributed by atoms with Crippen LogP contribution >= 0.6 is 23.8 Å². The van der Waals surface area contributed by atoms with Crippen molar-refractivity contribution in [2.75, 3.05) is 18.2 Å². The highest BCUT2D eigenvalue weighted by atomic mass is 35.5. The van der Waals surface area contributed by atoms with Crippen molar-refractivity contribution in [2.24, 2.45) is 0 Å². The van der Waals surface area contributed by atoms with E-state index in [0.717, 1.165) is 11.4 Å². The molecule has 0 atom stereocenters. The number of nitrogens with one attached hydrogen (secondary N) is 1. The molecule has 0 radical (unpaired) electrons. The number of anilines is 1. The van der Waals surface area contributed by atoms with Gasteiger partial charge in [0.15, 0.2) is 5.11 Å². The molecule has 1 aliphatic heterocycles. The maximum absolute atomic E-state index is 13.3. The number of benzene rings is 1. The van der Waals surface area contributed by atoms with Gasteiger partial charge in [0, 0.05) is 5.69 Å². The van der Waals surface area contributed by atoms with Crippen molar-refractivity contribution in [1.29, 1.82) is 0 Å². The molecule has 0 spiro atoms. The van der Waals surface area contributed by atoms with Crippen LogP contribution in [0.2, 0.25) is 5.02 Å². The zero-order valence-electron chi connectivity index (χ0n) is 11.1. The first-order valence-electron chi connectivity index (χ1n) is 6.38. The molecule has 110 valence electrons. The van der Waals surface area contributed by atoms with Gasteiger partial charge in [0.1, 0.15) is 11.6 Å². The molecule has 0 unspecified atom stereocenters. The molecule has 4 nitrogen and oxygen atoms in total. The molecule has 1 aliphatic rings. The van der Waals surface area contributed by atoms with Crippen LogP contribution < -0.4 is 10.2 Å². The van der Waals surface area contributed by atoms with E-state index < -0.39 is 5.82 Å². The summed E-state index contributed by atoms with van der Waals surface area (Å²) in [7, 11) is 0. The Kier molecular flexibility index (Phi) is 4.10. The van der Waals surface area contributed by atoms with Crippen LogP contribution in [-0.4, -0.2) is 23.3 Å². The molecule has 0 bridgehead atoms. The van der Waals surface area contributed by atoms with Gasteiger partial charge in [-0.15, -0.1) is 0 Å². The van der Waals surface area contributed by atoms with Crippen molar-refractivity contribution in [3.05, 3.63) is 53.2 Å². The Morgan fingerprint density at radius 3 is 2.95 bits per heavy atom. The Morgan fingerprint density at radius 2 is 2.24 bits per heavy atom. The van der Waals surface area contributed by atoms with Gasteiger partial charge in [0.05, 0.1) is 31.2 Å². The Morgan fingerprint density at radius 1 is 1.38 bits per heavy atom. The van der Waals surface area contributed by atoms with Gasteiger partial charge in [0.2, 0.25) is 0 Å². The smallest absolute Gasteiger partial charge is 0.175 e. The van der Waals surface area contributed by atoms with Gasteiger partial charge in [-0.1, -0.05) is 11.6 Å². The van der Waals surface area contributed by atoms with Crippen molar-refractivity contribution in [2.45, 2.75) is 6.54 Å². The lowest BCUT2D eigenvalue weighted by atomic mass is 10.3. The number of nitrogens with zero attached hydrogens (tertiary/aromatic N) is 2. The van der Waals surface area contributed by atoms with Crippen LogP contribution in [0.15, 0.2) is 41.0 Å². The molecule has 2 heterocycles. The molecule has 1 aromatic carbocycles. The highest BCUT2D eigenvalue weighted by Crippen LogP contribution is 2.24. The molecule has 0 aliphatic carbocycles. The fourth-order valence-electron chi connectivity index (χ4n) is 2.17. The van der Waals surface area contributed by atoms with Crippen LogP contribution in [0.25, 0.3) is 0 Å². The van der Waals surface area contributed by atoms with Crippen LogP contribution in [0.4, 0.5) is 10.1 Å². The summed E-state index contributed by atoms with van der Waals surface area (Å²) in [5, 5.41) is 3.80. The Hall–Kier alpha value is -1.63. The molecule has 1 aromatic heterocycles. The van der Waals surface area contributed by atoms with Gasteiger partial charge in [0.25, 0.3) is 0 Å². The van der Waals surface area contributed by atoms with Crippen molar-refractivity contribution in [3.63, 3.8) is 0 Å². The lowest BCUT2D eigenvalue weighted by Crippen LogP contribution is -2.55. The SMILES string of the molecule is Fc1ccc(N2CN(Cc3ccco3)CNC2=S)cc1Cl. The largest absolute Gasteiger partial charge is 0.468 e. The number of halogens is 2. The minimum absolute atomic E-state index is 0.0819. The molecule has 21 heavy (non-hydrogen) atoms. The van der Waals surface area contributed by atoms with E-state index in [9.17, 15) is 4.39 Å². The summed E-state index contributed by atoms with van der Waals surface area (Å²) in [5.41, 5.74) is 0.753. The summed E-state index contributed by atoms with van der Waals surface area (Å²) in [4.78, 5) is 3.99. The zero-order chi connectivity index (χ0) is 14.8. The number of furan rings is 1. The van der Waals surface area contributed by atoms with Crippen LogP contribution in [-0.2, 0) is 6.54 Å². The predicted octanol–water partition coefficient (Wildman–Crippen LogP) is 3.18. The van der Waals surface area contributed by atoms with Crippen LogP contribution in [0.1, 0.15) is 5.76 Å². The highest BCUT2D eigenvalue weighted by molar-refractivity contribution is 7.80. The molecule has 0 saturated carbocycles. The summed E-state index contributed by atoms with van der Waals surface area (Å²) in [6, 6.07) is 8.35. The maximum atomic E-state index is 13.3. The van der Waals surface area contributed by atoms with Gasteiger partial charge >= 0.3 is 0 Å². The van der Waals surface area contributed by atoms with Crippen molar-refractivity contribution < 1.29 is 8.81 Å². The second kappa shape index (κ2) is 6.01. The molecule has 2 aromatic rings. The summed E-state index contributed by atoms with van der Waals surface area (Å²) >= 11 is 11.2. The van der Waals surface area contributed by atoms with Crippen LogP contribution in [0.5, 0.6) is 0 Å². The number of thiocarbonyl (C=S) groups is 1. The second-order valence-corrected chi connectivity index (χ2v) is 5.51. The monoisotopic (exact) mass is 325 g/mol. The summed E-state index contributed by atoms with van der Waals surface area (Å²) in [6.45, 7) is 1.87. The number of rotatable bonds is 3. The van der Waals surface area contributed by atoms with Crippen molar-refractivity contribution in [3.8, 4) is 0 Å². The van der Waals surface area contributed by atoms with Gasteiger partial charge in [-0.05, 0) is 42.5 Å². The van der Waals surface area contributed by atoms with E-state index in [-0.39, 0.29) is 5.02 Å². The fraction of sp³-hybridized carbons (Fsp3) is 0.214. The molecule has 1 N–H and O–H groups in total. The Labute approximate surface area is 132 Å². The third-order valence-electron chi connectivity index (χ3n) is 3.21.